The molecule has 0 aliphatic rings. The molecule has 7 heteroatoms. The first-order valence-corrected chi connectivity index (χ1v) is 8.91. The van der Waals surface area contributed by atoms with Crippen molar-refractivity contribution in [3.05, 3.63) is 72.2 Å². The summed E-state index contributed by atoms with van der Waals surface area (Å²) < 4.78 is 10.7. The summed E-state index contributed by atoms with van der Waals surface area (Å²) >= 11 is 0. The molecule has 3 rings (SSSR count). The van der Waals surface area contributed by atoms with Gasteiger partial charge in [-0.3, -0.25) is 4.79 Å². The summed E-state index contributed by atoms with van der Waals surface area (Å²) in [4.78, 5) is 20.7. The average Bonchev–Trinajstić information content (AvgIpc) is 2.74. The fraction of sp³-hybridized carbons (Fsp3) is 0.190. The van der Waals surface area contributed by atoms with Crippen molar-refractivity contribution in [3.8, 4) is 11.5 Å². The smallest absolute Gasteiger partial charge is 0.271 e. The predicted octanol–water partition coefficient (Wildman–Crippen LogP) is 3.56. The molecule has 0 saturated carbocycles. The van der Waals surface area contributed by atoms with Crippen molar-refractivity contribution in [2.45, 2.75) is 13.5 Å². The first-order valence-electron chi connectivity index (χ1n) is 8.91. The van der Waals surface area contributed by atoms with E-state index in [2.05, 4.69) is 20.6 Å². The van der Waals surface area contributed by atoms with Gasteiger partial charge in [-0.05, 0) is 36.8 Å². The van der Waals surface area contributed by atoms with Crippen LogP contribution >= 0.6 is 0 Å². The molecule has 1 heterocycles. The highest BCUT2D eigenvalue weighted by molar-refractivity contribution is 5.92. The number of carbonyl (C=O) groups is 1. The molecule has 0 radical (unpaired) electrons. The lowest BCUT2D eigenvalue weighted by Gasteiger charge is -2.11. The van der Waals surface area contributed by atoms with Crippen LogP contribution in [-0.2, 0) is 6.54 Å². The second-order valence-corrected chi connectivity index (χ2v) is 5.87. The lowest BCUT2D eigenvalue weighted by Crippen LogP contribution is -2.24. The number of carbonyl (C=O) groups excluding carboxylic acids is 1. The average molecular weight is 378 g/mol. The number of benzene rings is 2. The van der Waals surface area contributed by atoms with Crippen LogP contribution in [-0.4, -0.2) is 29.6 Å². The predicted molar refractivity (Wildman–Crippen MR) is 107 cm³/mol. The molecule has 1 amide bonds. The van der Waals surface area contributed by atoms with Crippen LogP contribution in [0.15, 0.2) is 60.9 Å². The molecule has 3 aromatic rings. The van der Waals surface area contributed by atoms with E-state index in [1.807, 2.05) is 55.5 Å². The molecule has 0 fully saturated rings. The van der Waals surface area contributed by atoms with Crippen LogP contribution in [0.2, 0.25) is 0 Å². The number of rotatable bonds is 8. The third-order valence-corrected chi connectivity index (χ3v) is 3.95. The van der Waals surface area contributed by atoms with Gasteiger partial charge in [-0.15, -0.1) is 0 Å². The standard InChI is InChI=1S/C21H22N4O3/c1-3-28-19-7-5-4-6-17(19)25-20-14-22-18(13-23-20)21(26)24-12-15-8-10-16(27-2)11-9-15/h4-11,13-14H,3,12H2,1-2H3,(H,23,25)(H,24,26). The van der Waals surface area contributed by atoms with Gasteiger partial charge in [0.05, 0.1) is 31.8 Å². The Labute approximate surface area is 163 Å². The van der Waals surface area contributed by atoms with Gasteiger partial charge in [0.15, 0.2) is 0 Å². The Morgan fingerprint density at radius 2 is 1.82 bits per heavy atom. The van der Waals surface area contributed by atoms with Crippen molar-refractivity contribution in [2.24, 2.45) is 0 Å². The second-order valence-electron chi connectivity index (χ2n) is 5.87. The Morgan fingerprint density at radius 3 is 2.50 bits per heavy atom. The van der Waals surface area contributed by atoms with Crippen molar-refractivity contribution in [3.63, 3.8) is 0 Å². The number of anilines is 2. The molecular formula is C21H22N4O3. The topological polar surface area (TPSA) is 85.4 Å². The summed E-state index contributed by atoms with van der Waals surface area (Å²) in [6, 6.07) is 15.1. The Balaban J connectivity index is 1.59. The van der Waals surface area contributed by atoms with Crippen LogP contribution in [0.25, 0.3) is 0 Å². The normalized spacial score (nSPS) is 10.2. The summed E-state index contributed by atoms with van der Waals surface area (Å²) in [6.45, 7) is 2.89. The zero-order chi connectivity index (χ0) is 19.8. The minimum absolute atomic E-state index is 0.247. The molecule has 0 aliphatic heterocycles. The maximum atomic E-state index is 12.3. The quantitative estimate of drug-likeness (QED) is 0.623. The van der Waals surface area contributed by atoms with Crippen LogP contribution in [0.1, 0.15) is 23.0 Å². The first-order chi connectivity index (χ1) is 13.7. The van der Waals surface area contributed by atoms with E-state index in [0.29, 0.717) is 19.0 Å². The van der Waals surface area contributed by atoms with Gasteiger partial charge in [0, 0.05) is 6.54 Å². The summed E-state index contributed by atoms with van der Waals surface area (Å²) in [6.07, 6.45) is 2.96. The molecule has 28 heavy (non-hydrogen) atoms. The molecule has 2 N–H and O–H groups in total. The van der Waals surface area contributed by atoms with Crippen molar-refractivity contribution < 1.29 is 14.3 Å². The van der Waals surface area contributed by atoms with Gasteiger partial charge < -0.3 is 20.1 Å². The van der Waals surface area contributed by atoms with Gasteiger partial charge in [-0.25, -0.2) is 9.97 Å². The van der Waals surface area contributed by atoms with Gasteiger partial charge in [0.25, 0.3) is 5.91 Å². The molecule has 0 atom stereocenters. The van der Waals surface area contributed by atoms with E-state index in [9.17, 15) is 4.79 Å². The van der Waals surface area contributed by atoms with Crippen LogP contribution < -0.4 is 20.1 Å². The zero-order valence-corrected chi connectivity index (χ0v) is 15.8. The van der Waals surface area contributed by atoms with E-state index < -0.39 is 0 Å². The van der Waals surface area contributed by atoms with Crippen molar-refractivity contribution in [1.29, 1.82) is 0 Å². The number of nitrogens with one attached hydrogen (secondary N) is 2. The van der Waals surface area contributed by atoms with E-state index in [4.69, 9.17) is 9.47 Å². The minimum Gasteiger partial charge on any atom is -0.497 e. The van der Waals surface area contributed by atoms with E-state index in [1.165, 1.54) is 12.4 Å². The number of amides is 1. The number of para-hydroxylation sites is 2. The number of aromatic nitrogens is 2. The third-order valence-electron chi connectivity index (χ3n) is 3.95. The number of ether oxygens (including phenoxy) is 2. The molecule has 144 valence electrons. The van der Waals surface area contributed by atoms with Gasteiger partial charge in [0.2, 0.25) is 0 Å². The zero-order valence-electron chi connectivity index (χ0n) is 15.8. The summed E-state index contributed by atoms with van der Waals surface area (Å²) in [5.41, 5.74) is 2.00. The van der Waals surface area contributed by atoms with Crippen LogP contribution in [0, 0.1) is 0 Å². The van der Waals surface area contributed by atoms with Crippen LogP contribution in [0.3, 0.4) is 0 Å². The van der Waals surface area contributed by atoms with Crippen LogP contribution in [0.4, 0.5) is 11.5 Å². The summed E-state index contributed by atoms with van der Waals surface area (Å²) in [5.74, 6) is 1.74. The van der Waals surface area contributed by atoms with E-state index in [1.54, 1.807) is 7.11 Å². The SMILES string of the molecule is CCOc1ccccc1Nc1cnc(C(=O)NCc2ccc(OC)cc2)cn1. The van der Waals surface area contributed by atoms with Crippen molar-refractivity contribution in [1.82, 2.24) is 15.3 Å². The summed E-state index contributed by atoms with van der Waals surface area (Å²) in [7, 11) is 1.61. The lowest BCUT2D eigenvalue weighted by molar-refractivity contribution is 0.0945. The second kappa shape index (κ2) is 9.36. The highest BCUT2D eigenvalue weighted by atomic mass is 16.5. The highest BCUT2D eigenvalue weighted by Gasteiger charge is 2.09. The molecular weight excluding hydrogens is 356 g/mol. The molecule has 0 saturated heterocycles. The molecule has 0 spiro atoms. The molecule has 0 aliphatic carbocycles. The number of nitrogens with zero attached hydrogens (tertiary/aromatic N) is 2. The van der Waals surface area contributed by atoms with E-state index in [0.717, 1.165) is 22.7 Å². The number of methoxy groups -OCH3 is 1. The highest BCUT2D eigenvalue weighted by Crippen LogP contribution is 2.26. The Hall–Kier alpha value is -3.61. The first kappa shape index (κ1) is 19.2. The Morgan fingerprint density at radius 1 is 1.04 bits per heavy atom. The third kappa shape index (κ3) is 4.97. The largest absolute Gasteiger partial charge is 0.497 e. The lowest BCUT2D eigenvalue weighted by atomic mass is 10.2. The van der Waals surface area contributed by atoms with E-state index in [-0.39, 0.29) is 11.6 Å². The molecule has 7 nitrogen and oxygen atoms in total. The molecule has 2 aromatic carbocycles. The van der Waals surface area contributed by atoms with Gasteiger partial charge in [-0.2, -0.15) is 0 Å². The summed E-state index contributed by atoms with van der Waals surface area (Å²) in [5, 5.41) is 5.98. The maximum Gasteiger partial charge on any atom is 0.271 e. The van der Waals surface area contributed by atoms with Gasteiger partial charge in [-0.1, -0.05) is 24.3 Å². The Kier molecular flexibility index (Phi) is 6.41. The minimum atomic E-state index is -0.287. The maximum absolute atomic E-state index is 12.3. The van der Waals surface area contributed by atoms with Crippen LogP contribution in [0.5, 0.6) is 11.5 Å². The van der Waals surface area contributed by atoms with Crippen molar-refractivity contribution in [2.75, 3.05) is 19.0 Å². The Bertz CT molecular complexity index is 912. The fourth-order valence-corrected chi connectivity index (χ4v) is 2.52. The fourth-order valence-electron chi connectivity index (χ4n) is 2.52. The molecule has 0 unspecified atom stereocenters. The molecule has 1 aromatic heterocycles. The van der Waals surface area contributed by atoms with E-state index >= 15 is 0 Å². The van der Waals surface area contributed by atoms with Gasteiger partial charge in [0.1, 0.15) is 23.0 Å². The number of hydrogen-bond donors (Lipinski definition) is 2. The van der Waals surface area contributed by atoms with Crippen molar-refractivity contribution >= 4 is 17.4 Å². The number of hydrogen-bond acceptors (Lipinski definition) is 6. The molecule has 0 bridgehead atoms. The monoisotopic (exact) mass is 378 g/mol. The van der Waals surface area contributed by atoms with Gasteiger partial charge >= 0.3 is 0 Å².